The summed E-state index contributed by atoms with van der Waals surface area (Å²) in [7, 11) is 4.14. The van der Waals surface area contributed by atoms with Crippen LogP contribution < -0.4 is 10.9 Å². The van der Waals surface area contributed by atoms with Gasteiger partial charge in [-0.25, -0.2) is 0 Å². The van der Waals surface area contributed by atoms with E-state index in [1.165, 1.54) is 12.8 Å². The highest BCUT2D eigenvalue weighted by Crippen LogP contribution is 2.35. The number of pyridine rings is 1. The Morgan fingerprint density at radius 3 is 2.77 bits per heavy atom. The van der Waals surface area contributed by atoms with E-state index < -0.39 is 0 Å². The molecule has 2 N–H and O–H groups in total. The molecule has 1 amide bonds. The molecule has 122 valence electrons. The van der Waals surface area contributed by atoms with E-state index in [4.69, 9.17) is 0 Å². The number of aromatic amines is 1. The fourth-order valence-electron chi connectivity index (χ4n) is 3.45. The van der Waals surface area contributed by atoms with E-state index in [9.17, 15) is 9.59 Å². The van der Waals surface area contributed by atoms with Crippen molar-refractivity contribution >= 4 is 5.91 Å². The summed E-state index contributed by atoms with van der Waals surface area (Å²) in [5.41, 5.74) is 0.606. The van der Waals surface area contributed by atoms with Crippen LogP contribution in [0, 0.1) is 12.8 Å². The Hall–Kier alpha value is -1.62. The highest BCUT2D eigenvalue weighted by atomic mass is 16.2. The van der Waals surface area contributed by atoms with Gasteiger partial charge in [0, 0.05) is 17.8 Å². The molecule has 2 atom stereocenters. The molecule has 0 radical (unpaired) electrons. The molecule has 2 rings (SSSR count). The van der Waals surface area contributed by atoms with Crippen molar-refractivity contribution in [3.05, 3.63) is 33.7 Å². The summed E-state index contributed by atoms with van der Waals surface area (Å²) in [5, 5.41) is 2.97. The molecule has 0 bridgehead atoms. The number of hydrogen-bond donors (Lipinski definition) is 2. The van der Waals surface area contributed by atoms with Gasteiger partial charge in [0.2, 0.25) is 0 Å². The molecule has 1 fully saturated rings. The van der Waals surface area contributed by atoms with Crippen molar-refractivity contribution in [1.29, 1.82) is 0 Å². The number of amides is 1. The predicted molar refractivity (Wildman–Crippen MR) is 88.2 cm³/mol. The second kappa shape index (κ2) is 6.65. The van der Waals surface area contributed by atoms with Crippen molar-refractivity contribution in [2.75, 3.05) is 20.6 Å². The fraction of sp³-hybridized carbons (Fsp3) is 0.647. The Morgan fingerprint density at radius 2 is 2.18 bits per heavy atom. The lowest BCUT2D eigenvalue weighted by molar-refractivity contribution is 0.0674. The van der Waals surface area contributed by atoms with E-state index in [-0.39, 0.29) is 22.6 Å². The van der Waals surface area contributed by atoms with Crippen LogP contribution in [0.15, 0.2) is 16.9 Å². The minimum absolute atomic E-state index is 0.00914. The number of rotatable bonds is 4. The van der Waals surface area contributed by atoms with E-state index in [2.05, 4.69) is 36.2 Å². The molecule has 0 aliphatic heterocycles. The first-order valence-electron chi connectivity index (χ1n) is 8.00. The highest BCUT2D eigenvalue weighted by molar-refractivity contribution is 5.93. The third-order valence-electron chi connectivity index (χ3n) is 4.89. The maximum absolute atomic E-state index is 12.3. The summed E-state index contributed by atoms with van der Waals surface area (Å²) in [4.78, 5) is 29.1. The number of hydrogen-bond acceptors (Lipinski definition) is 3. The van der Waals surface area contributed by atoms with Crippen molar-refractivity contribution < 1.29 is 4.79 Å². The maximum Gasteiger partial charge on any atom is 0.260 e. The summed E-state index contributed by atoms with van der Waals surface area (Å²) in [6.07, 6.45) is 4.58. The normalized spacial score (nSPS) is 25.2. The second-order valence-corrected chi connectivity index (χ2v) is 6.89. The van der Waals surface area contributed by atoms with Crippen molar-refractivity contribution in [3.63, 3.8) is 0 Å². The van der Waals surface area contributed by atoms with Crippen LogP contribution in [-0.2, 0) is 0 Å². The summed E-state index contributed by atoms with van der Waals surface area (Å²) < 4.78 is 0. The second-order valence-electron chi connectivity index (χ2n) is 6.89. The van der Waals surface area contributed by atoms with Gasteiger partial charge in [-0.3, -0.25) is 9.59 Å². The smallest absolute Gasteiger partial charge is 0.260 e. The lowest BCUT2D eigenvalue weighted by atomic mass is 9.75. The van der Waals surface area contributed by atoms with Gasteiger partial charge < -0.3 is 15.2 Å². The van der Waals surface area contributed by atoms with Crippen LogP contribution in [0.1, 0.15) is 48.7 Å². The zero-order valence-electron chi connectivity index (χ0n) is 14.0. The van der Waals surface area contributed by atoms with Crippen LogP contribution in [0.3, 0.4) is 0 Å². The lowest BCUT2D eigenvalue weighted by Crippen LogP contribution is -2.55. The largest absolute Gasteiger partial charge is 0.350 e. The quantitative estimate of drug-likeness (QED) is 0.893. The van der Waals surface area contributed by atoms with Crippen LogP contribution in [0.25, 0.3) is 0 Å². The van der Waals surface area contributed by atoms with E-state index in [1.807, 2.05) is 0 Å². The first-order valence-corrected chi connectivity index (χ1v) is 8.00. The molecule has 1 heterocycles. The summed E-state index contributed by atoms with van der Waals surface area (Å²) in [6.45, 7) is 4.65. The first kappa shape index (κ1) is 16.7. The molecule has 0 saturated heterocycles. The Bertz CT molecular complexity index is 594. The van der Waals surface area contributed by atoms with Gasteiger partial charge in [-0.2, -0.15) is 0 Å². The number of aromatic nitrogens is 1. The zero-order chi connectivity index (χ0) is 16.3. The molecule has 1 saturated carbocycles. The van der Waals surface area contributed by atoms with Gasteiger partial charge in [0.25, 0.3) is 11.5 Å². The molecule has 5 nitrogen and oxygen atoms in total. The maximum atomic E-state index is 12.3. The minimum atomic E-state index is -0.326. The lowest BCUT2D eigenvalue weighted by Gasteiger charge is -2.45. The molecule has 5 heteroatoms. The molecular formula is C17H27N3O2. The van der Waals surface area contributed by atoms with Crippen LogP contribution in [0.5, 0.6) is 0 Å². The average molecular weight is 305 g/mol. The highest BCUT2D eigenvalue weighted by Gasteiger charge is 2.37. The predicted octanol–water partition coefficient (Wildman–Crippen LogP) is 1.92. The van der Waals surface area contributed by atoms with E-state index >= 15 is 0 Å². The van der Waals surface area contributed by atoms with E-state index in [0.29, 0.717) is 12.5 Å². The van der Waals surface area contributed by atoms with Crippen LogP contribution in [-0.4, -0.2) is 42.0 Å². The van der Waals surface area contributed by atoms with Crippen molar-refractivity contribution in [2.45, 2.75) is 45.1 Å². The van der Waals surface area contributed by atoms with E-state index in [0.717, 1.165) is 18.5 Å². The number of likely N-dealkylation sites (N-methyl/N-ethyl adjacent to an activating group) is 1. The van der Waals surface area contributed by atoms with Gasteiger partial charge in [-0.1, -0.05) is 19.8 Å². The molecular weight excluding hydrogens is 278 g/mol. The Balaban J connectivity index is 2.09. The fourth-order valence-corrected chi connectivity index (χ4v) is 3.45. The molecule has 1 aromatic heterocycles. The monoisotopic (exact) mass is 305 g/mol. The van der Waals surface area contributed by atoms with Crippen molar-refractivity contribution in [3.8, 4) is 0 Å². The number of aryl methyl sites for hydroxylation is 1. The standard InChI is InChI=1S/C17H27N3O2/c1-12-6-5-9-17(10-12,20(3)4)11-18-15(21)14-8-7-13(2)19-16(14)22/h7-8,12H,5-6,9-11H2,1-4H3,(H,18,21)(H,19,22)/t12-,17-/m1/s1. The topological polar surface area (TPSA) is 65.2 Å². The summed E-state index contributed by atoms with van der Waals surface area (Å²) in [5.74, 6) is 0.372. The van der Waals surface area contributed by atoms with Gasteiger partial charge in [0.05, 0.1) is 0 Å². The summed E-state index contributed by atoms with van der Waals surface area (Å²) in [6, 6.07) is 3.34. The SMILES string of the molecule is Cc1ccc(C(=O)NC[C@@]2(N(C)C)CCC[C@@H](C)C2)c(=O)[nH]1. The molecule has 1 aliphatic rings. The van der Waals surface area contributed by atoms with Crippen LogP contribution >= 0.6 is 0 Å². The van der Waals surface area contributed by atoms with Crippen molar-refractivity contribution in [1.82, 2.24) is 15.2 Å². The molecule has 0 spiro atoms. The van der Waals surface area contributed by atoms with Crippen LogP contribution in [0.2, 0.25) is 0 Å². The first-order chi connectivity index (χ1) is 10.3. The van der Waals surface area contributed by atoms with Crippen LogP contribution in [0.4, 0.5) is 0 Å². The van der Waals surface area contributed by atoms with Gasteiger partial charge in [-0.05, 0) is 51.9 Å². The Morgan fingerprint density at radius 1 is 1.45 bits per heavy atom. The molecule has 1 aliphatic carbocycles. The average Bonchev–Trinajstić information content (AvgIpc) is 2.44. The van der Waals surface area contributed by atoms with Gasteiger partial charge in [0.1, 0.15) is 5.56 Å². The molecule has 1 aromatic rings. The third kappa shape index (κ3) is 3.58. The number of carbonyl (C=O) groups excluding carboxylic acids is 1. The molecule has 0 aromatic carbocycles. The van der Waals surface area contributed by atoms with Gasteiger partial charge >= 0.3 is 0 Å². The molecule has 0 unspecified atom stereocenters. The number of carbonyl (C=O) groups is 1. The number of nitrogens with one attached hydrogen (secondary N) is 2. The summed E-state index contributed by atoms with van der Waals surface area (Å²) >= 11 is 0. The zero-order valence-corrected chi connectivity index (χ0v) is 14.0. The minimum Gasteiger partial charge on any atom is -0.350 e. The number of H-pyrrole nitrogens is 1. The van der Waals surface area contributed by atoms with Gasteiger partial charge in [-0.15, -0.1) is 0 Å². The molecule has 22 heavy (non-hydrogen) atoms. The Kier molecular flexibility index (Phi) is 5.06. The van der Waals surface area contributed by atoms with Gasteiger partial charge in [0.15, 0.2) is 0 Å². The Labute approximate surface area is 132 Å². The van der Waals surface area contributed by atoms with Crippen molar-refractivity contribution in [2.24, 2.45) is 5.92 Å². The number of nitrogens with zero attached hydrogens (tertiary/aromatic N) is 1. The third-order valence-corrected chi connectivity index (χ3v) is 4.89. The van der Waals surface area contributed by atoms with E-state index in [1.54, 1.807) is 19.1 Å².